The fraction of sp³-hybridized carbons (Fsp3) is 0. The van der Waals surface area contributed by atoms with Crippen LogP contribution >= 0.6 is 0 Å². The van der Waals surface area contributed by atoms with Gasteiger partial charge >= 0.3 is 0 Å². The Morgan fingerprint density at radius 2 is 1.61 bits per heavy atom. The smallest absolute Gasteiger partial charge is 0.151 e. The maximum atomic E-state index is 13.8. The van der Waals surface area contributed by atoms with Crippen LogP contribution in [-0.2, 0) is 0 Å². The maximum absolute atomic E-state index is 13.8. The summed E-state index contributed by atoms with van der Waals surface area (Å²) in [5.74, 6) is -1.34. The highest BCUT2D eigenvalue weighted by atomic mass is 19.1. The van der Waals surface area contributed by atoms with Crippen LogP contribution in [0.15, 0.2) is 90.2 Å². The number of para-hydroxylation sites is 1. The molecule has 0 aliphatic rings. The van der Waals surface area contributed by atoms with E-state index in [0.29, 0.717) is 0 Å². The first-order valence-corrected chi connectivity index (χ1v) is 8.65. The van der Waals surface area contributed by atoms with Gasteiger partial charge in [0.25, 0.3) is 0 Å². The molecule has 6 heteroatoms. The van der Waals surface area contributed by atoms with Gasteiger partial charge in [-0.15, -0.1) is 0 Å². The van der Waals surface area contributed by atoms with Gasteiger partial charge in [0.05, 0.1) is 17.6 Å². The number of anilines is 1. The lowest BCUT2D eigenvalue weighted by molar-refractivity contribution is 0.585. The minimum atomic E-state index is -0.708. The summed E-state index contributed by atoms with van der Waals surface area (Å²) in [6, 6.07) is 22.7. The molecule has 0 saturated heterocycles. The van der Waals surface area contributed by atoms with Crippen molar-refractivity contribution < 1.29 is 8.78 Å². The Morgan fingerprint density at radius 3 is 2.32 bits per heavy atom. The molecule has 0 amide bonds. The second kappa shape index (κ2) is 7.84. The van der Waals surface area contributed by atoms with Crippen LogP contribution in [0.3, 0.4) is 0 Å². The molecule has 138 valence electrons. The minimum absolute atomic E-state index is 0.0920. The number of benzene rings is 3. The van der Waals surface area contributed by atoms with Gasteiger partial charge < -0.3 is 0 Å². The van der Waals surface area contributed by atoms with Crippen LogP contribution in [0, 0.1) is 11.6 Å². The number of hydrogen-bond acceptors (Lipinski definition) is 3. The fourth-order valence-corrected chi connectivity index (χ4v) is 2.77. The molecule has 28 heavy (non-hydrogen) atoms. The van der Waals surface area contributed by atoms with Gasteiger partial charge in [0.15, 0.2) is 5.82 Å². The standard InChI is InChI=1S/C22H16F2N4/c23-18-11-12-21(20(24)13-18)26-25-14-17-15-28(19-9-5-2-6-10-19)27-22(17)16-7-3-1-4-8-16/h1-15,26H/b25-14-. The molecule has 0 bridgehead atoms. The predicted octanol–water partition coefficient (Wildman–Crippen LogP) is 5.26. The predicted molar refractivity (Wildman–Crippen MR) is 107 cm³/mol. The summed E-state index contributed by atoms with van der Waals surface area (Å²) < 4.78 is 28.5. The number of halogens is 2. The average Bonchev–Trinajstić information content (AvgIpc) is 3.15. The number of nitrogens with zero attached hydrogens (tertiary/aromatic N) is 3. The highest BCUT2D eigenvalue weighted by Gasteiger charge is 2.11. The van der Waals surface area contributed by atoms with Gasteiger partial charge in [0.2, 0.25) is 0 Å². The monoisotopic (exact) mass is 374 g/mol. The van der Waals surface area contributed by atoms with E-state index in [2.05, 4.69) is 15.6 Å². The Bertz CT molecular complexity index is 1110. The number of hydrogen-bond donors (Lipinski definition) is 1. The van der Waals surface area contributed by atoms with E-state index in [-0.39, 0.29) is 5.69 Å². The molecule has 0 radical (unpaired) electrons. The van der Waals surface area contributed by atoms with E-state index >= 15 is 0 Å². The molecule has 0 saturated carbocycles. The van der Waals surface area contributed by atoms with E-state index in [1.54, 1.807) is 10.9 Å². The van der Waals surface area contributed by atoms with E-state index in [0.717, 1.165) is 28.6 Å². The fourth-order valence-electron chi connectivity index (χ4n) is 2.77. The molecular weight excluding hydrogens is 358 g/mol. The van der Waals surface area contributed by atoms with Gasteiger partial charge in [-0.25, -0.2) is 13.5 Å². The molecular formula is C22H16F2N4. The molecule has 4 nitrogen and oxygen atoms in total. The first kappa shape index (κ1) is 17.6. The summed E-state index contributed by atoms with van der Waals surface area (Å²) in [6.07, 6.45) is 3.42. The summed E-state index contributed by atoms with van der Waals surface area (Å²) in [6.45, 7) is 0. The van der Waals surface area contributed by atoms with Gasteiger partial charge in [-0.1, -0.05) is 48.5 Å². The van der Waals surface area contributed by atoms with Crippen molar-refractivity contribution in [2.75, 3.05) is 5.43 Å². The van der Waals surface area contributed by atoms with Crippen molar-refractivity contribution in [3.05, 3.63) is 102 Å². The lowest BCUT2D eigenvalue weighted by Crippen LogP contribution is -1.94. The summed E-state index contributed by atoms with van der Waals surface area (Å²) in [7, 11) is 0. The average molecular weight is 374 g/mol. The van der Waals surface area contributed by atoms with Gasteiger partial charge in [0.1, 0.15) is 11.5 Å². The third-order valence-corrected chi connectivity index (χ3v) is 4.13. The Morgan fingerprint density at radius 1 is 0.893 bits per heavy atom. The van der Waals surface area contributed by atoms with Gasteiger partial charge in [-0.3, -0.25) is 5.43 Å². The lowest BCUT2D eigenvalue weighted by atomic mass is 10.1. The third-order valence-electron chi connectivity index (χ3n) is 4.13. The first-order chi connectivity index (χ1) is 13.7. The Labute approximate surface area is 160 Å². The molecule has 4 aromatic rings. The van der Waals surface area contributed by atoms with E-state index in [9.17, 15) is 8.78 Å². The van der Waals surface area contributed by atoms with Crippen LogP contribution in [0.2, 0.25) is 0 Å². The van der Waals surface area contributed by atoms with Crippen LogP contribution in [0.1, 0.15) is 5.56 Å². The normalized spacial score (nSPS) is 11.1. The molecule has 0 atom stereocenters. The molecule has 1 aromatic heterocycles. The second-order valence-corrected chi connectivity index (χ2v) is 6.07. The van der Waals surface area contributed by atoms with Crippen molar-refractivity contribution in [2.24, 2.45) is 5.10 Å². The topological polar surface area (TPSA) is 42.2 Å². The molecule has 1 heterocycles. The van der Waals surface area contributed by atoms with Crippen molar-refractivity contribution in [3.8, 4) is 16.9 Å². The molecule has 0 spiro atoms. The highest BCUT2D eigenvalue weighted by molar-refractivity contribution is 5.89. The minimum Gasteiger partial charge on any atom is -0.276 e. The molecule has 0 fully saturated rings. The number of hydrazone groups is 1. The summed E-state index contributed by atoms with van der Waals surface area (Å²) in [4.78, 5) is 0. The Balaban J connectivity index is 1.67. The summed E-state index contributed by atoms with van der Waals surface area (Å²) in [5, 5.41) is 8.78. The van der Waals surface area contributed by atoms with Crippen molar-refractivity contribution in [1.29, 1.82) is 0 Å². The third kappa shape index (κ3) is 3.81. The number of rotatable bonds is 5. The summed E-state index contributed by atoms with van der Waals surface area (Å²) in [5.41, 5.74) is 6.05. The SMILES string of the molecule is Fc1ccc(N/N=C\c2cn(-c3ccccc3)nc2-c2ccccc2)c(F)c1. The van der Waals surface area contributed by atoms with Crippen molar-refractivity contribution in [1.82, 2.24) is 9.78 Å². The zero-order chi connectivity index (χ0) is 19.3. The first-order valence-electron chi connectivity index (χ1n) is 8.65. The number of aromatic nitrogens is 2. The second-order valence-electron chi connectivity index (χ2n) is 6.07. The maximum Gasteiger partial charge on any atom is 0.151 e. The molecule has 4 rings (SSSR count). The summed E-state index contributed by atoms with van der Waals surface area (Å²) >= 11 is 0. The Hall–Kier alpha value is -3.80. The molecule has 0 unspecified atom stereocenters. The van der Waals surface area contributed by atoms with E-state index in [4.69, 9.17) is 0 Å². The van der Waals surface area contributed by atoms with E-state index in [1.165, 1.54) is 12.1 Å². The van der Waals surface area contributed by atoms with Crippen LogP contribution in [0.5, 0.6) is 0 Å². The van der Waals surface area contributed by atoms with Crippen molar-refractivity contribution in [2.45, 2.75) is 0 Å². The quantitative estimate of drug-likeness (QED) is 0.382. The van der Waals surface area contributed by atoms with Gasteiger partial charge in [-0.2, -0.15) is 10.2 Å². The van der Waals surface area contributed by atoms with Gasteiger partial charge in [0, 0.05) is 23.4 Å². The van der Waals surface area contributed by atoms with Crippen LogP contribution in [0.4, 0.5) is 14.5 Å². The highest BCUT2D eigenvalue weighted by Crippen LogP contribution is 2.22. The lowest BCUT2D eigenvalue weighted by Gasteiger charge is -2.02. The van der Waals surface area contributed by atoms with E-state index in [1.807, 2.05) is 66.9 Å². The molecule has 1 N–H and O–H groups in total. The van der Waals surface area contributed by atoms with Crippen LogP contribution in [-0.4, -0.2) is 16.0 Å². The van der Waals surface area contributed by atoms with E-state index < -0.39 is 11.6 Å². The van der Waals surface area contributed by atoms with Crippen molar-refractivity contribution >= 4 is 11.9 Å². The molecule has 3 aromatic carbocycles. The zero-order valence-corrected chi connectivity index (χ0v) is 14.8. The zero-order valence-electron chi connectivity index (χ0n) is 14.8. The molecule has 0 aliphatic heterocycles. The van der Waals surface area contributed by atoms with Gasteiger partial charge in [-0.05, 0) is 24.3 Å². The number of nitrogens with one attached hydrogen (secondary N) is 1. The Kier molecular flexibility index (Phi) is 4.93. The molecule has 0 aliphatic carbocycles. The largest absolute Gasteiger partial charge is 0.276 e. The van der Waals surface area contributed by atoms with Crippen LogP contribution < -0.4 is 5.43 Å². The van der Waals surface area contributed by atoms with Crippen molar-refractivity contribution in [3.63, 3.8) is 0 Å². The van der Waals surface area contributed by atoms with Crippen LogP contribution in [0.25, 0.3) is 16.9 Å².